The van der Waals surface area contributed by atoms with E-state index in [-0.39, 0.29) is 63.4 Å². The van der Waals surface area contributed by atoms with Gasteiger partial charge in [-0.05, 0) is 71.1 Å². The lowest BCUT2D eigenvalue weighted by molar-refractivity contribution is -0.159. The number of carbonyl (C=O) groups excluding carboxylic acids is 2. The zero-order chi connectivity index (χ0) is 32.7. The lowest BCUT2D eigenvalue weighted by Gasteiger charge is -2.48. The Morgan fingerprint density at radius 1 is 0.511 bits per heavy atom. The second-order valence-electron chi connectivity index (χ2n) is 15.4. The molecule has 0 bridgehead atoms. The van der Waals surface area contributed by atoms with Crippen molar-refractivity contribution in [2.45, 2.75) is 197 Å². The van der Waals surface area contributed by atoms with Crippen LogP contribution in [0, 0.1) is 0 Å². The largest absolute Gasteiger partial charge is 0.358 e. The molecule has 2 aliphatic heterocycles. The Morgan fingerprint density at radius 2 is 0.809 bits per heavy atom. The molecule has 2 saturated heterocycles. The standard InChI is InChI=1S/C37H64N4O6/c1-3-4-25-37-36(2,38(26-44-30-17-9-5-10-18-30)34(42)40(37)28-46-32-21-13-7-14-22-32)39(27-45-31-19-11-6-12-20-31)35(43)41(37)29-47-33-23-15-8-16-24-33/h30-33H,3-29H2,1-2H3. The second-order valence-corrected chi connectivity index (χ2v) is 15.4. The van der Waals surface area contributed by atoms with Crippen LogP contribution in [0.25, 0.3) is 0 Å². The summed E-state index contributed by atoms with van der Waals surface area (Å²) in [6.45, 7) is 4.90. The summed E-state index contributed by atoms with van der Waals surface area (Å²) in [5, 5.41) is 0. The van der Waals surface area contributed by atoms with Gasteiger partial charge in [-0.3, -0.25) is 19.6 Å². The van der Waals surface area contributed by atoms with Crippen molar-refractivity contribution in [3.63, 3.8) is 0 Å². The number of fused-ring (bicyclic) bond motifs is 1. The predicted molar refractivity (Wildman–Crippen MR) is 180 cm³/mol. The molecule has 0 spiro atoms. The summed E-state index contributed by atoms with van der Waals surface area (Å²) in [5.41, 5.74) is -2.00. The summed E-state index contributed by atoms with van der Waals surface area (Å²) in [6, 6.07) is -0.235. The van der Waals surface area contributed by atoms with Gasteiger partial charge in [0.1, 0.15) is 26.9 Å². The fraction of sp³-hybridized carbons (Fsp3) is 0.946. The number of rotatable bonds is 15. The molecule has 0 atom stereocenters. The average Bonchev–Trinajstić information content (AvgIpc) is 3.40. The highest BCUT2D eigenvalue weighted by Gasteiger charge is 2.76. The van der Waals surface area contributed by atoms with Gasteiger partial charge in [-0.1, -0.05) is 90.4 Å². The van der Waals surface area contributed by atoms with E-state index in [9.17, 15) is 9.59 Å². The van der Waals surface area contributed by atoms with E-state index in [4.69, 9.17) is 18.9 Å². The molecule has 6 aliphatic rings. The molecule has 4 aliphatic carbocycles. The number of hydrogen-bond donors (Lipinski definition) is 0. The molecule has 0 aromatic heterocycles. The maximum Gasteiger partial charge on any atom is 0.327 e. The molecule has 0 aromatic carbocycles. The van der Waals surface area contributed by atoms with Crippen molar-refractivity contribution in [1.29, 1.82) is 0 Å². The van der Waals surface area contributed by atoms with Crippen LogP contribution in [-0.2, 0) is 18.9 Å². The number of hydrogen-bond acceptors (Lipinski definition) is 6. The molecule has 0 radical (unpaired) electrons. The zero-order valence-corrected chi connectivity index (χ0v) is 29.6. The molecular formula is C37H64N4O6. The van der Waals surface area contributed by atoms with Crippen molar-refractivity contribution in [3.8, 4) is 0 Å². The smallest absolute Gasteiger partial charge is 0.327 e. The van der Waals surface area contributed by atoms with Gasteiger partial charge in [0.05, 0.1) is 24.4 Å². The van der Waals surface area contributed by atoms with Crippen molar-refractivity contribution >= 4 is 12.1 Å². The van der Waals surface area contributed by atoms with Crippen molar-refractivity contribution in [3.05, 3.63) is 0 Å². The number of unbranched alkanes of at least 4 members (excludes halogenated alkanes) is 1. The van der Waals surface area contributed by atoms with Gasteiger partial charge in [0.2, 0.25) is 0 Å². The fourth-order valence-corrected chi connectivity index (χ4v) is 9.48. The molecule has 6 rings (SSSR count). The monoisotopic (exact) mass is 660 g/mol. The highest BCUT2D eigenvalue weighted by Crippen LogP contribution is 2.54. The van der Waals surface area contributed by atoms with Crippen LogP contribution in [0.4, 0.5) is 9.59 Å². The Hall–Kier alpha value is -1.62. The molecular weight excluding hydrogens is 596 g/mol. The minimum absolute atomic E-state index is 0.118. The summed E-state index contributed by atoms with van der Waals surface area (Å²) in [6.07, 6.45) is 25.3. The summed E-state index contributed by atoms with van der Waals surface area (Å²) in [5.74, 6) is 0. The van der Waals surface area contributed by atoms with Crippen molar-refractivity contribution < 1.29 is 28.5 Å². The molecule has 4 amide bonds. The molecule has 47 heavy (non-hydrogen) atoms. The highest BCUT2D eigenvalue weighted by atomic mass is 16.5. The van der Waals surface area contributed by atoms with Crippen LogP contribution in [-0.4, -0.2) is 94.3 Å². The first-order valence-corrected chi connectivity index (χ1v) is 19.6. The Balaban J connectivity index is 1.35. The minimum Gasteiger partial charge on any atom is -0.358 e. The molecule has 268 valence electrons. The average molecular weight is 661 g/mol. The van der Waals surface area contributed by atoms with E-state index >= 15 is 0 Å². The van der Waals surface area contributed by atoms with Crippen molar-refractivity contribution in [1.82, 2.24) is 19.6 Å². The quantitative estimate of drug-likeness (QED) is 0.176. The van der Waals surface area contributed by atoms with E-state index in [1.807, 2.05) is 19.6 Å². The van der Waals surface area contributed by atoms with Gasteiger partial charge >= 0.3 is 12.1 Å². The van der Waals surface area contributed by atoms with E-state index in [0.717, 1.165) is 116 Å². The number of nitrogens with zero attached hydrogens (tertiary/aromatic N) is 4. The van der Waals surface area contributed by atoms with Crippen molar-refractivity contribution in [2.24, 2.45) is 0 Å². The topological polar surface area (TPSA) is 84.0 Å². The molecule has 4 saturated carbocycles. The van der Waals surface area contributed by atoms with Crippen molar-refractivity contribution in [2.75, 3.05) is 26.9 Å². The van der Waals surface area contributed by atoms with Gasteiger partial charge in [0.25, 0.3) is 0 Å². The first-order valence-electron chi connectivity index (χ1n) is 19.6. The van der Waals surface area contributed by atoms with Crippen LogP contribution in [0.2, 0.25) is 0 Å². The molecule has 10 nitrogen and oxygen atoms in total. The van der Waals surface area contributed by atoms with E-state index in [1.54, 1.807) is 0 Å². The molecule has 10 heteroatoms. The van der Waals surface area contributed by atoms with E-state index < -0.39 is 11.3 Å². The van der Waals surface area contributed by atoms with Crippen LogP contribution < -0.4 is 0 Å². The molecule has 0 N–H and O–H groups in total. The Morgan fingerprint density at radius 3 is 1.11 bits per heavy atom. The third-order valence-corrected chi connectivity index (χ3v) is 12.5. The van der Waals surface area contributed by atoms with E-state index in [1.165, 1.54) is 25.7 Å². The predicted octanol–water partition coefficient (Wildman–Crippen LogP) is 8.29. The van der Waals surface area contributed by atoms with Gasteiger partial charge in [-0.25, -0.2) is 9.59 Å². The zero-order valence-electron chi connectivity index (χ0n) is 29.6. The van der Waals surface area contributed by atoms with Crippen LogP contribution in [0.1, 0.15) is 162 Å². The molecule has 0 aromatic rings. The van der Waals surface area contributed by atoms with Gasteiger partial charge in [-0.2, -0.15) is 0 Å². The molecule has 6 fully saturated rings. The van der Waals surface area contributed by atoms with Gasteiger partial charge in [0, 0.05) is 0 Å². The number of ether oxygens (including phenoxy) is 4. The maximum absolute atomic E-state index is 14.9. The highest BCUT2D eigenvalue weighted by molar-refractivity contribution is 5.88. The Labute approximate surface area is 284 Å². The van der Waals surface area contributed by atoms with Gasteiger partial charge in [0.15, 0.2) is 11.3 Å². The first-order chi connectivity index (χ1) is 23.0. The number of carbonyl (C=O) groups is 2. The number of amides is 4. The minimum atomic E-state index is -1.02. The number of urea groups is 2. The van der Waals surface area contributed by atoms with E-state index in [0.29, 0.717) is 6.42 Å². The lowest BCUT2D eigenvalue weighted by atomic mass is 9.88. The third kappa shape index (κ3) is 7.32. The third-order valence-electron chi connectivity index (χ3n) is 12.5. The lowest BCUT2D eigenvalue weighted by Crippen LogP contribution is -2.67. The molecule has 0 unspecified atom stereocenters. The maximum atomic E-state index is 14.9. The second kappa shape index (κ2) is 16.4. The van der Waals surface area contributed by atoms with Crippen LogP contribution in [0.15, 0.2) is 0 Å². The normalized spacial score (nSPS) is 30.6. The van der Waals surface area contributed by atoms with Crippen LogP contribution in [0.3, 0.4) is 0 Å². The summed E-state index contributed by atoms with van der Waals surface area (Å²) < 4.78 is 26.4. The first kappa shape index (κ1) is 35.2. The summed E-state index contributed by atoms with van der Waals surface area (Å²) >= 11 is 0. The van der Waals surface area contributed by atoms with Gasteiger partial charge in [-0.15, -0.1) is 0 Å². The van der Waals surface area contributed by atoms with E-state index in [2.05, 4.69) is 13.8 Å². The van der Waals surface area contributed by atoms with Crippen LogP contribution in [0.5, 0.6) is 0 Å². The summed E-state index contributed by atoms with van der Waals surface area (Å²) in [7, 11) is 0. The SMILES string of the molecule is CCCCC12N(COC3CCCCC3)C(=O)N(COC3CCCCC3)C1(C)N(COC1CCCCC1)C(=O)N2COC1CCCCC1. The van der Waals surface area contributed by atoms with Gasteiger partial charge < -0.3 is 18.9 Å². The van der Waals surface area contributed by atoms with Crippen LogP contribution >= 0.6 is 0 Å². The Bertz CT molecular complexity index is 937. The Kier molecular flexibility index (Phi) is 12.3. The molecule has 2 heterocycles. The summed E-state index contributed by atoms with van der Waals surface area (Å²) in [4.78, 5) is 37.3. The fourth-order valence-electron chi connectivity index (χ4n) is 9.48.